The zero-order chi connectivity index (χ0) is 91.9. The van der Waals surface area contributed by atoms with Crippen LogP contribution >= 0.6 is 11.3 Å². The van der Waals surface area contributed by atoms with Crippen molar-refractivity contribution in [1.29, 1.82) is 0 Å². The molecule has 0 aliphatic carbocycles. The Kier molecular flexibility index (Phi) is 16.3. The third kappa shape index (κ3) is 11.2. The number of aromatic nitrogens is 12. The highest BCUT2D eigenvalue weighted by atomic mass is 32.1. The molecule has 0 radical (unpaired) electrons. The molecule has 0 atom stereocenters. The van der Waals surface area contributed by atoms with Gasteiger partial charge in [-0.2, -0.15) is 19.9 Å². The summed E-state index contributed by atoms with van der Waals surface area (Å²) in [5.41, 5.74) is 16.7. The van der Waals surface area contributed by atoms with Crippen molar-refractivity contribution in [2.24, 2.45) is 0 Å². The van der Waals surface area contributed by atoms with Gasteiger partial charge in [0.15, 0.2) is 23.0 Å². The minimum Gasteiger partial charge on any atom is -0.450 e. The van der Waals surface area contributed by atoms with Crippen molar-refractivity contribution >= 4 is 271 Å². The van der Waals surface area contributed by atoms with Gasteiger partial charge in [0.2, 0.25) is 23.6 Å². The monoisotopic (exact) mass is 1820 g/mol. The van der Waals surface area contributed by atoms with Gasteiger partial charge in [0, 0.05) is 102 Å². The Labute approximate surface area is 803 Å². The molecule has 0 unspecified atom stereocenters. The molecule has 0 saturated carbocycles. The maximum Gasteiger partial charge on any atom is 0.240 e. The number of hydrogen-bond acceptors (Lipinski definition) is 9. The minimum absolute atomic E-state index is 0.559. The van der Waals surface area contributed by atoms with Crippen molar-refractivity contribution in [2.45, 2.75) is 0 Å². The zero-order valence-electron chi connectivity index (χ0n) is 75.2. The lowest BCUT2D eigenvalue weighted by Gasteiger charge is -2.13. The van der Waals surface area contributed by atoms with Crippen LogP contribution in [0.15, 0.2) is 446 Å². The van der Waals surface area contributed by atoms with Crippen LogP contribution in [0, 0.1) is 0 Å². The van der Waals surface area contributed by atoms with E-state index in [2.05, 4.69) is 428 Å². The molecule has 0 bridgehead atoms. The first-order valence-electron chi connectivity index (χ1n) is 47.6. The normalized spacial score (nSPS) is 12.3. The van der Waals surface area contributed by atoms with E-state index in [1.54, 1.807) is 11.3 Å². The summed E-state index contributed by atoms with van der Waals surface area (Å²) in [5, 5.41) is 33.7. The van der Waals surface area contributed by atoms with Crippen molar-refractivity contribution in [2.75, 3.05) is 0 Å². The highest BCUT2D eigenvalue weighted by molar-refractivity contribution is 7.25. The summed E-state index contributed by atoms with van der Waals surface area (Å²) in [6.45, 7) is 0. The molecule has 0 N–H and O–H groups in total. The summed E-state index contributed by atoms with van der Waals surface area (Å²) in [6, 6.07) is 155. The average molecular weight is 1820 g/mol. The lowest BCUT2D eigenvalue weighted by molar-refractivity contribution is 0.650. The van der Waals surface area contributed by atoms with E-state index in [-0.39, 0.29) is 0 Å². The molecule has 15 heteroatoms. The van der Waals surface area contributed by atoms with Gasteiger partial charge in [-0.3, -0.25) is 27.4 Å². The minimum atomic E-state index is 0.559. The lowest BCUT2D eigenvalue weighted by atomic mass is 10.0. The van der Waals surface area contributed by atoms with E-state index in [0.29, 0.717) is 29.1 Å². The van der Waals surface area contributed by atoms with E-state index in [4.69, 9.17) is 38.7 Å². The van der Waals surface area contributed by atoms with Gasteiger partial charge in [-0.1, -0.05) is 358 Å². The first-order valence-corrected chi connectivity index (χ1v) is 48.4. The van der Waals surface area contributed by atoms with Crippen LogP contribution in [0.4, 0.5) is 0 Å². The van der Waals surface area contributed by atoms with E-state index in [0.717, 1.165) is 137 Å². The number of hydrogen-bond donors (Lipinski definition) is 0. The van der Waals surface area contributed by atoms with Crippen LogP contribution in [0.25, 0.3) is 295 Å². The van der Waals surface area contributed by atoms with Gasteiger partial charge >= 0.3 is 0 Å². The molecule has 654 valence electrons. The third-order valence-corrected chi connectivity index (χ3v) is 30.3. The molecule has 21 aromatic carbocycles. The van der Waals surface area contributed by atoms with Gasteiger partial charge in [0.05, 0.1) is 77.0 Å². The number of thiophene rings is 1. The van der Waals surface area contributed by atoms with Crippen LogP contribution in [-0.4, -0.2) is 57.3 Å². The lowest BCUT2D eigenvalue weighted by Crippen LogP contribution is -2.07. The number of fused-ring (bicyclic) bond motifs is 39. The number of benzene rings is 21. The Hall–Kier alpha value is -19.0. The van der Waals surface area contributed by atoms with Crippen LogP contribution in [-0.2, 0) is 0 Å². The second-order valence-electron chi connectivity index (χ2n) is 36.6. The van der Waals surface area contributed by atoms with E-state index < -0.39 is 0 Å². The van der Waals surface area contributed by atoms with Crippen molar-refractivity contribution in [3.63, 3.8) is 0 Å². The number of rotatable bonds is 6. The summed E-state index contributed by atoms with van der Waals surface area (Å²) < 4.78 is 28.1. The summed E-state index contributed by atoms with van der Waals surface area (Å²) in [7, 11) is 0. The molecular weight excluding hydrogens is 1750 g/mol. The SMILES string of the molecule is c1ccc2c(c1)ccc1c2c2ccc3ccccc3c2n1-c1nc(-n2c3ccccc3c3ccccc32)c2c(n1)oc1ccccc12.c1ccc2c(c1)ccc1c2c2ccc3ccccc3c2n1-c1nc(-n2c3ccccc3c3ccccc32)c2c(n1)sc1ccccc12.c1ccc2c(c1)ccc1c2c2ccc3ccccc3c2n1-c1nc(-n2c3ccccc3c3ccccc32)c2oc3ccccc3c2n1. The molecule has 12 aromatic heterocycles. The molecule has 0 amide bonds. The fourth-order valence-electron chi connectivity index (χ4n) is 23.2. The molecule has 0 saturated heterocycles. The average Bonchev–Trinajstić information content (AvgIpc) is 1.56. The van der Waals surface area contributed by atoms with Gasteiger partial charge in [-0.05, 0) is 127 Å². The predicted molar refractivity (Wildman–Crippen MR) is 585 cm³/mol. The highest BCUT2D eigenvalue weighted by Gasteiger charge is 2.31. The fourth-order valence-corrected chi connectivity index (χ4v) is 24.3. The maximum atomic E-state index is 6.63. The molecule has 33 aromatic rings. The van der Waals surface area contributed by atoms with Crippen LogP contribution in [0.2, 0.25) is 0 Å². The summed E-state index contributed by atoms with van der Waals surface area (Å²) in [5.74, 6) is 4.26. The Morgan fingerprint density at radius 3 is 0.879 bits per heavy atom. The first-order chi connectivity index (χ1) is 70.0. The molecule has 33 rings (SSSR count). The van der Waals surface area contributed by atoms with Crippen LogP contribution < -0.4 is 0 Å². The molecule has 12 heterocycles. The van der Waals surface area contributed by atoms with Crippen molar-refractivity contribution in [1.82, 2.24) is 57.3 Å². The Balaban J connectivity index is 0.0000000972. The third-order valence-electron chi connectivity index (χ3n) is 29.2. The van der Waals surface area contributed by atoms with E-state index >= 15 is 0 Å². The van der Waals surface area contributed by atoms with Crippen LogP contribution in [0.5, 0.6) is 0 Å². The highest BCUT2D eigenvalue weighted by Crippen LogP contribution is 2.49. The Bertz CT molecular complexity index is 10700. The molecule has 14 nitrogen and oxygen atoms in total. The Morgan fingerprint density at radius 1 is 0.177 bits per heavy atom. The molecule has 0 spiro atoms. The van der Waals surface area contributed by atoms with Gasteiger partial charge in [0.25, 0.3) is 0 Å². The van der Waals surface area contributed by atoms with Crippen molar-refractivity contribution in [3.8, 4) is 35.3 Å². The number of furan rings is 2. The van der Waals surface area contributed by atoms with Crippen molar-refractivity contribution < 1.29 is 8.83 Å². The summed E-state index contributed by atoms with van der Waals surface area (Å²) >= 11 is 1.73. The molecule has 141 heavy (non-hydrogen) atoms. The second kappa shape index (κ2) is 29.8. The quantitative estimate of drug-likeness (QED) is 0.161. The topological polar surface area (TPSA) is 133 Å². The van der Waals surface area contributed by atoms with Gasteiger partial charge < -0.3 is 8.83 Å². The predicted octanol–water partition coefficient (Wildman–Crippen LogP) is 33.1. The van der Waals surface area contributed by atoms with Gasteiger partial charge in [0.1, 0.15) is 21.5 Å². The molecule has 0 fully saturated rings. The van der Waals surface area contributed by atoms with E-state index in [1.807, 2.05) is 36.4 Å². The summed E-state index contributed by atoms with van der Waals surface area (Å²) in [6.07, 6.45) is 0. The smallest absolute Gasteiger partial charge is 0.240 e. The van der Waals surface area contributed by atoms with Crippen LogP contribution in [0.3, 0.4) is 0 Å². The molecule has 0 aliphatic heterocycles. The zero-order valence-corrected chi connectivity index (χ0v) is 76.0. The number of para-hydroxylation sites is 8. The maximum absolute atomic E-state index is 6.63. The van der Waals surface area contributed by atoms with E-state index in [9.17, 15) is 0 Å². The second-order valence-corrected chi connectivity index (χ2v) is 37.6. The number of nitrogens with zero attached hydrogens (tertiary/aromatic N) is 12. The standard InChI is InChI=1S/2C42H24N4O.C42H24N4S/c1-3-13-27-25(11-1)22-24-35-37(27)32-23-21-26-12-2-4-14-28(26)39(32)46(35)42-43-38-31-17-7-10-20-36(31)47-40(38)41(44-42)45-33-18-8-5-15-29(33)30-16-6-9-19-34(30)45;2*1-3-13-27-25(11-1)22-24-35-37(27)32-23-21-26-12-2-4-14-28(26)39(32)46(35)42-43-40(38-31-17-7-10-20-36(31)47-41(38)44-42)45-33-18-8-5-15-29(33)30-16-6-9-19-34(30)45/h3*1-24H. The van der Waals surface area contributed by atoms with Crippen LogP contribution in [0.1, 0.15) is 0 Å². The van der Waals surface area contributed by atoms with Gasteiger partial charge in [-0.25, -0.2) is 9.97 Å². The van der Waals surface area contributed by atoms with Crippen molar-refractivity contribution in [3.05, 3.63) is 437 Å². The molecular formula is C126H72N12O2S. The molecule has 0 aliphatic rings. The largest absolute Gasteiger partial charge is 0.450 e. The van der Waals surface area contributed by atoms with Gasteiger partial charge in [-0.15, -0.1) is 11.3 Å². The van der Waals surface area contributed by atoms with E-state index in [1.165, 1.54) is 129 Å². The first kappa shape index (κ1) is 77.3. The fraction of sp³-hybridized carbons (Fsp3) is 0. The summed E-state index contributed by atoms with van der Waals surface area (Å²) in [4.78, 5) is 33.7. The Morgan fingerprint density at radius 2 is 0.468 bits per heavy atom.